The lowest BCUT2D eigenvalue weighted by Crippen LogP contribution is -2.60. The molecule has 2 saturated heterocycles. The molecular weight excluding hydrogens is 314 g/mol. The third-order valence-corrected chi connectivity index (χ3v) is 5.84. The van der Waals surface area contributed by atoms with Gasteiger partial charge in [-0.2, -0.15) is 0 Å². The Morgan fingerprint density at radius 3 is 2.13 bits per heavy atom. The molecule has 0 spiro atoms. The van der Waals surface area contributed by atoms with Gasteiger partial charge in [0.05, 0.1) is 0 Å². The first-order chi connectivity index (χ1) is 10.6. The van der Waals surface area contributed by atoms with E-state index in [1.54, 1.807) is 0 Å². The Balaban J connectivity index is 0.00000192. The van der Waals surface area contributed by atoms with E-state index >= 15 is 0 Å². The first-order valence-corrected chi connectivity index (χ1v) is 8.89. The fourth-order valence-corrected chi connectivity index (χ4v) is 4.61. The van der Waals surface area contributed by atoms with Crippen LogP contribution in [0.15, 0.2) is 0 Å². The van der Waals surface area contributed by atoms with Crippen molar-refractivity contribution in [3.8, 4) is 0 Å². The third kappa shape index (κ3) is 4.00. The second-order valence-corrected chi connectivity index (χ2v) is 7.37. The summed E-state index contributed by atoms with van der Waals surface area (Å²) in [7, 11) is 0. The lowest BCUT2D eigenvalue weighted by molar-refractivity contribution is -0.143. The highest BCUT2D eigenvalue weighted by atomic mass is 35.5. The Kier molecular flexibility index (Phi) is 6.32. The van der Waals surface area contributed by atoms with Crippen LogP contribution >= 0.6 is 12.4 Å². The van der Waals surface area contributed by atoms with Gasteiger partial charge in [0.1, 0.15) is 5.54 Å². The number of carbonyl (C=O) groups is 2. The van der Waals surface area contributed by atoms with Crippen molar-refractivity contribution >= 4 is 24.2 Å². The second-order valence-electron chi connectivity index (χ2n) is 7.37. The monoisotopic (exact) mass is 343 g/mol. The van der Waals surface area contributed by atoms with Gasteiger partial charge >= 0.3 is 0 Å². The zero-order valence-electron chi connectivity index (χ0n) is 14.1. The lowest BCUT2D eigenvalue weighted by Gasteiger charge is -2.40. The van der Waals surface area contributed by atoms with Crippen molar-refractivity contribution in [2.45, 2.75) is 57.4 Å². The molecule has 1 aliphatic carbocycles. The average molecular weight is 344 g/mol. The second kappa shape index (κ2) is 7.84. The topological polar surface area (TPSA) is 61.4 Å². The summed E-state index contributed by atoms with van der Waals surface area (Å²) in [6, 6.07) is 0. The standard InChI is InChI=1S/C17H29N3O2.ClH/c1-13(21)19-17(7-3-2-4-8-17)16(22)20-9-5-14-11-18-12-15(14)6-10-20;/h14-15,18H,2-12H2,1H3,(H,19,21);1H/t14-,15+;. The maximum atomic E-state index is 13.2. The summed E-state index contributed by atoms with van der Waals surface area (Å²) in [5.41, 5.74) is -0.623. The van der Waals surface area contributed by atoms with Gasteiger partial charge in [-0.15, -0.1) is 12.4 Å². The molecule has 0 radical (unpaired) electrons. The van der Waals surface area contributed by atoms with Gasteiger partial charge in [0, 0.05) is 20.0 Å². The van der Waals surface area contributed by atoms with Gasteiger partial charge in [-0.1, -0.05) is 19.3 Å². The number of likely N-dealkylation sites (tertiary alicyclic amines) is 1. The maximum Gasteiger partial charge on any atom is 0.248 e. The summed E-state index contributed by atoms with van der Waals surface area (Å²) >= 11 is 0. The molecule has 3 fully saturated rings. The van der Waals surface area contributed by atoms with Crippen molar-refractivity contribution in [1.82, 2.24) is 15.5 Å². The molecular formula is C17H30ClN3O2. The van der Waals surface area contributed by atoms with E-state index < -0.39 is 5.54 Å². The van der Waals surface area contributed by atoms with Gasteiger partial charge in [-0.25, -0.2) is 0 Å². The molecule has 23 heavy (non-hydrogen) atoms. The Hall–Kier alpha value is -0.810. The van der Waals surface area contributed by atoms with Gasteiger partial charge < -0.3 is 15.5 Å². The SMILES string of the molecule is CC(=O)NC1(C(=O)N2CC[C@@H]3CNC[C@@H]3CC2)CCCCC1.Cl. The quantitative estimate of drug-likeness (QED) is 0.802. The normalized spacial score (nSPS) is 29.9. The van der Waals surface area contributed by atoms with Crippen LogP contribution in [0.5, 0.6) is 0 Å². The average Bonchev–Trinajstić information content (AvgIpc) is 2.86. The number of hydrogen-bond acceptors (Lipinski definition) is 3. The summed E-state index contributed by atoms with van der Waals surface area (Å²) in [6.07, 6.45) is 7.04. The number of amides is 2. The number of fused-ring (bicyclic) bond motifs is 1. The van der Waals surface area contributed by atoms with E-state index in [9.17, 15) is 9.59 Å². The van der Waals surface area contributed by atoms with Crippen LogP contribution in [-0.2, 0) is 9.59 Å². The molecule has 2 heterocycles. The predicted molar refractivity (Wildman–Crippen MR) is 92.5 cm³/mol. The maximum absolute atomic E-state index is 13.2. The van der Waals surface area contributed by atoms with E-state index in [1.165, 1.54) is 13.3 Å². The number of nitrogens with one attached hydrogen (secondary N) is 2. The number of rotatable bonds is 2. The van der Waals surface area contributed by atoms with Crippen molar-refractivity contribution in [1.29, 1.82) is 0 Å². The van der Waals surface area contributed by atoms with Crippen molar-refractivity contribution in [2.24, 2.45) is 11.8 Å². The molecule has 0 bridgehead atoms. The summed E-state index contributed by atoms with van der Waals surface area (Å²) in [4.78, 5) is 26.9. The molecule has 2 atom stereocenters. The molecule has 0 unspecified atom stereocenters. The minimum atomic E-state index is -0.623. The van der Waals surface area contributed by atoms with Crippen LogP contribution in [0.2, 0.25) is 0 Å². The smallest absolute Gasteiger partial charge is 0.248 e. The fourth-order valence-electron chi connectivity index (χ4n) is 4.61. The van der Waals surface area contributed by atoms with Crippen LogP contribution in [0.3, 0.4) is 0 Å². The Morgan fingerprint density at radius 1 is 1.04 bits per heavy atom. The molecule has 132 valence electrons. The third-order valence-electron chi connectivity index (χ3n) is 5.84. The van der Waals surface area contributed by atoms with E-state index in [0.29, 0.717) is 0 Å². The van der Waals surface area contributed by atoms with Crippen LogP contribution in [0.25, 0.3) is 0 Å². The van der Waals surface area contributed by atoms with Crippen molar-refractivity contribution < 1.29 is 9.59 Å². The van der Waals surface area contributed by atoms with Crippen LogP contribution < -0.4 is 10.6 Å². The van der Waals surface area contributed by atoms with E-state index in [0.717, 1.165) is 76.5 Å². The molecule has 0 aromatic carbocycles. The van der Waals surface area contributed by atoms with Gasteiger partial charge in [0.15, 0.2) is 0 Å². The van der Waals surface area contributed by atoms with E-state index in [-0.39, 0.29) is 24.2 Å². The molecule has 0 aromatic heterocycles. The summed E-state index contributed by atoms with van der Waals surface area (Å²) in [5, 5.41) is 6.49. The zero-order valence-corrected chi connectivity index (χ0v) is 14.9. The van der Waals surface area contributed by atoms with Crippen LogP contribution in [0.1, 0.15) is 51.9 Å². The highest BCUT2D eigenvalue weighted by Crippen LogP contribution is 2.33. The van der Waals surface area contributed by atoms with Crippen LogP contribution in [-0.4, -0.2) is 48.4 Å². The van der Waals surface area contributed by atoms with E-state index in [4.69, 9.17) is 0 Å². The molecule has 3 rings (SSSR count). The summed E-state index contributed by atoms with van der Waals surface area (Å²) < 4.78 is 0. The van der Waals surface area contributed by atoms with E-state index in [1.807, 2.05) is 4.90 Å². The van der Waals surface area contributed by atoms with Crippen LogP contribution in [0, 0.1) is 11.8 Å². The lowest BCUT2D eigenvalue weighted by atomic mass is 9.80. The van der Waals surface area contributed by atoms with Crippen molar-refractivity contribution in [2.75, 3.05) is 26.2 Å². The molecule has 2 amide bonds. The van der Waals surface area contributed by atoms with Gasteiger partial charge in [-0.05, 0) is 50.6 Å². The van der Waals surface area contributed by atoms with Crippen molar-refractivity contribution in [3.63, 3.8) is 0 Å². The predicted octanol–water partition coefficient (Wildman–Crippen LogP) is 1.71. The minimum Gasteiger partial charge on any atom is -0.342 e. The van der Waals surface area contributed by atoms with Gasteiger partial charge in [0.2, 0.25) is 11.8 Å². The zero-order chi connectivity index (χ0) is 15.6. The van der Waals surface area contributed by atoms with Gasteiger partial charge in [-0.3, -0.25) is 9.59 Å². The summed E-state index contributed by atoms with van der Waals surface area (Å²) in [6.45, 7) is 5.43. The molecule has 6 heteroatoms. The Morgan fingerprint density at radius 2 is 1.61 bits per heavy atom. The molecule has 5 nitrogen and oxygen atoms in total. The highest BCUT2D eigenvalue weighted by Gasteiger charge is 2.43. The number of nitrogens with zero attached hydrogens (tertiary/aromatic N) is 1. The van der Waals surface area contributed by atoms with E-state index in [2.05, 4.69) is 10.6 Å². The molecule has 3 aliphatic rings. The minimum absolute atomic E-state index is 0. The fraction of sp³-hybridized carbons (Fsp3) is 0.882. The van der Waals surface area contributed by atoms with Crippen molar-refractivity contribution in [3.05, 3.63) is 0 Å². The van der Waals surface area contributed by atoms with Crippen LogP contribution in [0.4, 0.5) is 0 Å². The van der Waals surface area contributed by atoms with Gasteiger partial charge in [0.25, 0.3) is 0 Å². The molecule has 1 saturated carbocycles. The number of carbonyl (C=O) groups excluding carboxylic acids is 2. The highest BCUT2D eigenvalue weighted by molar-refractivity contribution is 5.91. The largest absolute Gasteiger partial charge is 0.342 e. The molecule has 2 N–H and O–H groups in total. The summed E-state index contributed by atoms with van der Waals surface area (Å²) in [5.74, 6) is 1.54. The molecule has 2 aliphatic heterocycles. The molecule has 0 aromatic rings. The first kappa shape index (κ1) is 18.5. The number of hydrogen-bond donors (Lipinski definition) is 2. The Labute approximate surface area is 145 Å². The first-order valence-electron chi connectivity index (χ1n) is 8.89. The number of halogens is 1. The Bertz CT molecular complexity index is 424.